The van der Waals surface area contributed by atoms with Crippen molar-refractivity contribution in [3.05, 3.63) is 59.9 Å². The lowest BCUT2D eigenvalue weighted by atomic mass is 10.0. The normalized spacial score (nSPS) is 13.6. The van der Waals surface area contributed by atoms with E-state index in [0.717, 1.165) is 41.6 Å². The molecule has 1 aromatic heterocycles. The zero-order valence-corrected chi connectivity index (χ0v) is 17.8. The van der Waals surface area contributed by atoms with E-state index in [2.05, 4.69) is 69.6 Å². The molecular formula is C23H27N5S. The first-order valence-electron chi connectivity index (χ1n) is 10.3. The molecule has 0 spiro atoms. The molecule has 0 fully saturated rings. The second-order valence-corrected chi connectivity index (χ2v) is 8.21. The highest BCUT2D eigenvalue weighted by Crippen LogP contribution is 2.25. The Hall–Kier alpha value is -2.73. The number of hydrogen-bond donors (Lipinski definition) is 2. The fourth-order valence-corrected chi connectivity index (χ4v) is 4.03. The molecule has 29 heavy (non-hydrogen) atoms. The number of aromatic nitrogens is 3. The Kier molecular flexibility index (Phi) is 5.90. The zero-order chi connectivity index (χ0) is 20.2. The van der Waals surface area contributed by atoms with Crippen LogP contribution in [0.25, 0.3) is 11.4 Å². The number of anilines is 2. The number of benzene rings is 2. The monoisotopic (exact) mass is 405 g/mol. The first-order valence-corrected chi connectivity index (χ1v) is 10.7. The standard InChI is InChI=1S/C23H27N5S/c1-16(2)19-8-5-6-9-20(19)25-23(29)24-18-13-11-17(12-14-18)22-27-26-21-10-4-3-7-15-28(21)22/h5-6,8-9,11-14,16H,3-4,7,10,15H2,1-2H3,(H2,24,25,29). The van der Waals surface area contributed by atoms with Crippen molar-refractivity contribution < 1.29 is 0 Å². The van der Waals surface area contributed by atoms with Crippen molar-refractivity contribution in [1.29, 1.82) is 0 Å². The molecule has 0 atom stereocenters. The Morgan fingerprint density at radius 2 is 1.76 bits per heavy atom. The van der Waals surface area contributed by atoms with Crippen LogP contribution in [0.4, 0.5) is 11.4 Å². The molecule has 1 aliphatic rings. The number of para-hydroxylation sites is 1. The van der Waals surface area contributed by atoms with Crippen LogP contribution in [0, 0.1) is 0 Å². The van der Waals surface area contributed by atoms with Gasteiger partial charge in [0, 0.05) is 29.9 Å². The van der Waals surface area contributed by atoms with Gasteiger partial charge >= 0.3 is 0 Å². The summed E-state index contributed by atoms with van der Waals surface area (Å²) in [6.07, 6.45) is 4.67. The SMILES string of the molecule is CC(C)c1ccccc1NC(=S)Nc1ccc(-c2nnc3n2CCCCC3)cc1. The van der Waals surface area contributed by atoms with E-state index in [0.29, 0.717) is 11.0 Å². The third-order valence-electron chi connectivity index (χ3n) is 5.34. The van der Waals surface area contributed by atoms with Crippen LogP contribution >= 0.6 is 12.2 Å². The minimum atomic E-state index is 0.430. The van der Waals surface area contributed by atoms with E-state index in [-0.39, 0.29) is 0 Å². The van der Waals surface area contributed by atoms with Crippen LogP contribution in [0.15, 0.2) is 48.5 Å². The van der Waals surface area contributed by atoms with Gasteiger partial charge in [0.25, 0.3) is 0 Å². The van der Waals surface area contributed by atoms with Gasteiger partial charge in [-0.2, -0.15) is 0 Å². The van der Waals surface area contributed by atoms with E-state index in [1.54, 1.807) is 0 Å². The van der Waals surface area contributed by atoms with E-state index in [1.165, 1.54) is 24.8 Å². The molecule has 0 saturated heterocycles. The number of fused-ring (bicyclic) bond motifs is 1. The van der Waals surface area contributed by atoms with Crippen molar-refractivity contribution in [2.45, 2.75) is 52.0 Å². The minimum Gasteiger partial charge on any atom is -0.332 e. The predicted octanol–water partition coefficient (Wildman–Crippen LogP) is 5.60. The quantitative estimate of drug-likeness (QED) is 0.553. The molecule has 0 aliphatic carbocycles. The Morgan fingerprint density at radius 3 is 2.55 bits per heavy atom. The highest BCUT2D eigenvalue weighted by Gasteiger charge is 2.16. The number of nitrogens with one attached hydrogen (secondary N) is 2. The second-order valence-electron chi connectivity index (χ2n) is 7.80. The fraction of sp³-hybridized carbons (Fsp3) is 0.348. The molecule has 0 radical (unpaired) electrons. The number of nitrogens with zero attached hydrogens (tertiary/aromatic N) is 3. The summed E-state index contributed by atoms with van der Waals surface area (Å²) in [5, 5.41) is 16.0. The fourth-order valence-electron chi connectivity index (χ4n) is 3.80. The molecule has 2 heterocycles. The minimum absolute atomic E-state index is 0.430. The maximum atomic E-state index is 5.52. The molecule has 2 aromatic carbocycles. The molecule has 6 heteroatoms. The van der Waals surface area contributed by atoms with Gasteiger partial charge in [-0.3, -0.25) is 0 Å². The van der Waals surface area contributed by atoms with Gasteiger partial charge in [0.2, 0.25) is 0 Å². The Balaban J connectivity index is 1.45. The largest absolute Gasteiger partial charge is 0.332 e. The summed E-state index contributed by atoms with van der Waals surface area (Å²) in [6.45, 7) is 5.36. The Bertz CT molecular complexity index is 991. The topological polar surface area (TPSA) is 54.8 Å². The summed E-state index contributed by atoms with van der Waals surface area (Å²) in [4.78, 5) is 0. The van der Waals surface area contributed by atoms with Crippen LogP contribution in [0.3, 0.4) is 0 Å². The van der Waals surface area contributed by atoms with Gasteiger partial charge < -0.3 is 15.2 Å². The van der Waals surface area contributed by atoms with E-state index >= 15 is 0 Å². The molecule has 2 N–H and O–H groups in total. The first-order chi connectivity index (χ1) is 14.1. The number of aryl methyl sites for hydroxylation is 1. The molecule has 5 nitrogen and oxygen atoms in total. The van der Waals surface area contributed by atoms with E-state index in [9.17, 15) is 0 Å². The lowest BCUT2D eigenvalue weighted by Crippen LogP contribution is -2.20. The predicted molar refractivity (Wildman–Crippen MR) is 123 cm³/mol. The van der Waals surface area contributed by atoms with Gasteiger partial charge in [0.15, 0.2) is 10.9 Å². The average molecular weight is 406 g/mol. The number of rotatable bonds is 4. The zero-order valence-electron chi connectivity index (χ0n) is 17.0. The van der Waals surface area contributed by atoms with Crippen molar-refractivity contribution in [2.75, 3.05) is 10.6 Å². The van der Waals surface area contributed by atoms with Gasteiger partial charge in [0.1, 0.15) is 5.82 Å². The molecule has 1 aliphatic heterocycles. The highest BCUT2D eigenvalue weighted by atomic mass is 32.1. The summed E-state index contributed by atoms with van der Waals surface area (Å²) in [6, 6.07) is 16.5. The third-order valence-corrected chi connectivity index (χ3v) is 5.55. The van der Waals surface area contributed by atoms with E-state index in [1.807, 2.05) is 18.2 Å². The Labute approximate surface area is 177 Å². The summed E-state index contributed by atoms with van der Waals surface area (Å²) in [5.74, 6) is 2.49. The summed E-state index contributed by atoms with van der Waals surface area (Å²) >= 11 is 5.52. The maximum Gasteiger partial charge on any atom is 0.175 e. The molecule has 0 saturated carbocycles. The molecule has 150 valence electrons. The van der Waals surface area contributed by atoms with E-state index in [4.69, 9.17) is 12.2 Å². The van der Waals surface area contributed by atoms with E-state index < -0.39 is 0 Å². The van der Waals surface area contributed by atoms with Crippen LogP contribution < -0.4 is 10.6 Å². The third kappa shape index (κ3) is 4.48. The Morgan fingerprint density at radius 1 is 0.966 bits per heavy atom. The maximum absolute atomic E-state index is 5.52. The summed E-state index contributed by atoms with van der Waals surface area (Å²) in [7, 11) is 0. The molecular weight excluding hydrogens is 378 g/mol. The highest BCUT2D eigenvalue weighted by molar-refractivity contribution is 7.80. The average Bonchev–Trinajstić information content (AvgIpc) is 2.97. The number of thiocarbonyl (C=S) groups is 1. The summed E-state index contributed by atoms with van der Waals surface area (Å²) < 4.78 is 2.27. The van der Waals surface area contributed by atoms with Crippen LogP contribution in [0.2, 0.25) is 0 Å². The summed E-state index contributed by atoms with van der Waals surface area (Å²) in [5.41, 5.74) is 4.33. The van der Waals surface area contributed by atoms with Crippen LogP contribution in [0.1, 0.15) is 50.4 Å². The van der Waals surface area contributed by atoms with Crippen molar-refractivity contribution in [2.24, 2.45) is 0 Å². The molecule has 0 unspecified atom stereocenters. The van der Waals surface area contributed by atoms with Gasteiger partial charge in [0.05, 0.1) is 0 Å². The number of hydrogen-bond acceptors (Lipinski definition) is 3. The first kappa shape index (κ1) is 19.6. The van der Waals surface area contributed by atoms with Gasteiger partial charge in [-0.1, -0.05) is 38.5 Å². The lowest BCUT2D eigenvalue weighted by Gasteiger charge is -2.16. The molecule has 0 bridgehead atoms. The van der Waals surface area contributed by atoms with Crippen molar-refractivity contribution in [1.82, 2.24) is 14.8 Å². The van der Waals surface area contributed by atoms with Crippen LogP contribution in [-0.4, -0.2) is 19.9 Å². The van der Waals surface area contributed by atoms with Crippen molar-refractivity contribution in [3.63, 3.8) is 0 Å². The van der Waals surface area contributed by atoms with Gasteiger partial charge in [-0.15, -0.1) is 10.2 Å². The lowest BCUT2D eigenvalue weighted by molar-refractivity contribution is 0.636. The van der Waals surface area contributed by atoms with Crippen molar-refractivity contribution in [3.8, 4) is 11.4 Å². The van der Waals surface area contributed by atoms with Crippen LogP contribution in [0.5, 0.6) is 0 Å². The molecule has 0 amide bonds. The van der Waals surface area contributed by atoms with Gasteiger partial charge in [-0.05, 0) is 66.9 Å². The smallest absolute Gasteiger partial charge is 0.175 e. The van der Waals surface area contributed by atoms with Gasteiger partial charge in [-0.25, -0.2) is 0 Å². The molecule has 4 rings (SSSR count). The second kappa shape index (κ2) is 8.74. The molecule has 3 aromatic rings. The van der Waals surface area contributed by atoms with Crippen LogP contribution in [-0.2, 0) is 13.0 Å². The van der Waals surface area contributed by atoms with Crippen molar-refractivity contribution >= 4 is 28.7 Å².